The van der Waals surface area contributed by atoms with Gasteiger partial charge in [0.05, 0.1) is 12.2 Å². The minimum absolute atomic E-state index is 0.200. The molecular formula is C13H16O4. The number of rotatable bonds is 4. The lowest BCUT2D eigenvalue weighted by atomic mass is 10.00. The second-order valence-electron chi connectivity index (χ2n) is 3.91. The summed E-state index contributed by atoms with van der Waals surface area (Å²) in [6.45, 7) is 0.655. The summed E-state index contributed by atoms with van der Waals surface area (Å²) < 4.78 is 15.5. The molecule has 0 aromatic heterocycles. The van der Waals surface area contributed by atoms with Crippen LogP contribution in [0.5, 0.6) is 5.75 Å². The first kappa shape index (κ1) is 12.1. The number of ether oxygens (including phenoxy) is 3. The van der Waals surface area contributed by atoms with Crippen molar-refractivity contribution in [1.82, 2.24) is 0 Å². The zero-order valence-electron chi connectivity index (χ0n) is 10.1. The quantitative estimate of drug-likeness (QED) is 0.591. The molecule has 1 aliphatic rings. The van der Waals surface area contributed by atoms with E-state index in [1.807, 2.05) is 12.1 Å². The number of hydrogen-bond acceptors (Lipinski definition) is 4. The van der Waals surface area contributed by atoms with Crippen molar-refractivity contribution in [3.8, 4) is 5.75 Å². The van der Waals surface area contributed by atoms with Crippen LogP contribution in [0.1, 0.15) is 22.3 Å². The predicted molar refractivity (Wildman–Crippen MR) is 62.4 cm³/mol. The molecule has 0 fully saturated rings. The van der Waals surface area contributed by atoms with Gasteiger partial charge < -0.3 is 14.2 Å². The Morgan fingerprint density at radius 1 is 1.35 bits per heavy atom. The first-order chi connectivity index (χ1) is 8.27. The Bertz CT molecular complexity index is 410. The van der Waals surface area contributed by atoms with E-state index in [9.17, 15) is 4.79 Å². The summed E-state index contributed by atoms with van der Waals surface area (Å²) in [5.41, 5.74) is 1.61. The number of hydrogen-bond donors (Lipinski definition) is 0. The molecular weight excluding hydrogens is 220 g/mol. The standard InChI is InChI=1S/C13H16O4/c1-15-13(16-2)11(14)10-7-3-5-9-6-4-8-17-12(9)10/h3,5,7,13H,4,6,8H2,1-2H3. The predicted octanol–water partition coefficient (Wildman–Crippen LogP) is 1.81. The zero-order chi connectivity index (χ0) is 12.3. The lowest BCUT2D eigenvalue weighted by molar-refractivity contribution is -0.0743. The highest BCUT2D eigenvalue weighted by Gasteiger charge is 2.25. The molecule has 0 radical (unpaired) electrons. The number of methoxy groups -OCH3 is 2. The van der Waals surface area contributed by atoms with Crippen LogP contribution < -0.4 is 4.74 Å². The Balaban J connectivity index is 2.35. The van der Waals surface area contributed by atoms with Crippen molar-refractivity contribution in [3.63, 3.8) is 0 Å². The minimum atomic E-state index is -0.868. The highest BCUT2D eigenvalue weighted by molar-refractivity contribution is 6.01. The van der Waals surface area contributed by atoms with Gasteiger partial charge in [-0.3, -0.25) is 4.79 Å². The summed E-state index contributed by atoms with van der Waals surface area (Å²) in [5, 5.41) is 0. The molecule has 17 heavy (non-hydrogen) atoms. The van der Waals surface area contributed by atoms with E-state index in [1.54, 1.807) is 6.07 Å². The average molecular weight is 236 g/mol. The third-order valence-corrected chi connectivity index (χ3v) is 2.84. The number of ketones is 1. The van der Waals surface area contributed by atoms with Gasteiger partial charge in [-0.15, -0.1) is 0 Å². The van der Waals surface area contributed by atoms with Gasteiger partial charge in [-0.05, 0) is 24.5 Å². The van der Waals surface area contributed by atoms with Crippen LogP contribution in [-0.4, -0.2) is 32.9 Å². The highest BCUT2D eigenvalue weighted by atomic mass is 16.7. The van der Waals surface area contributed by atoms with E-state index in [4.69, 9.17) is 14.2 Å². The fraction of sp³-hybridized carbons (Fsp3) is 0.462. The third-order valence-electron chi connectivity index (χ3n) is 2.84. The van der Waals surface area contributed by atoms with Crippen molar-refractivity contribution in [3.05, 3.63) is 29.3 Å². The molecule has 0 aliphatic carbocycles. The van der Waals surface area contributed by atoms with E-state index in [2.05, 4.69) is 0 Å². The largest absolute Gasteiger partial charge is 0.493 e. The van der Waals surface area contributed by atoms with Crippen molar-refractivity contribution in [2.75, 3.05) is 20.8 Å². The zero-order valence-corrected chi connectivity index (χ0v) is 10.1. The Kier molecular flexibility index (Phi) is 3.76. The van der Waals surface area contributed by atoms with Gasteiger partial charge in [0.2, 0.25) is 12.1 Å². The maximum Gasteiger partial charge on any atom is 0.222 e. The van der Waals surface area contributed by atoms with Crippen molar-refractivity contribution in [2.45, 2.75) is 19.1 Å². The summed E-state index contributed by atoms with van der Waals surface area (Å²) in [4.78, 5) is 12.1. The van der Waals surface area contributed by atoms with Gasteiger partial charge in [-0.25, -0.2) is 0 Å². The molecule has 4 heteroatoms. The maximum absolute atomic E-state index is 12.1. The number of carbonyl (C=O) groups excluding carboxylic acids is 1. The van der Waals surface area contributed by atoms with E-state index >= 15 is 0 Å². The SMILES string of the molecule is COC(OC)C(=O)c1cccc2c1OCCC2. The number of benzene rings is 1. The fourth-order valence-electron chi connectivity index (χ4n) is 2.02. The van der Waals surface area contributed by atoms with Crippen molar-refractivity contribution in [2.24, 2.45) is 0 Å². The van der Waals surface area contributed by atoms with E-state index < -0.39 is 6.29 Å². The third kappa shape index (κ3) is 2.33. The van der Waals surface area contributed by atoms with Crippen LogP contribution in [0.25, 0.3) is 0 Å². The average Bonchev–Trinajstić information content (AvgIpc) is 2.39. The molecule has 0 N–H and O–H groups in total. The lowest BCUT2D eigenvalue weighted by Gasteiger charge is -2.21. The molecule has 0 amide bonds. The van der Waals surface area contributed by atoms with Gasteiger partial charge in [-0.2, -0.15) is 0 Å². The molecule has 92 valence electrons. The Labute approximate surface area is 100 Å². The van der Waals surface area contributed by atoms with E-state index in [0.29, 0.717) is 17.9 Å². The van der Waals surface area contributed by atoms with Crippen molar-refractivity contribution < 1.29 is 19.0 Å². The molecule has 1 heterocycles. The van der Waals surface area contributed by atoms with Crippen LogP contribution in [-0.2, 0) is 15.9 Å². The number of para-hydroxylation sites is 1. The Morgan fingerprint density at radius 2 is 2.12 bits per heavy atom. The number of Topliss-reactive ketones (excluding diaryl/α,β-unsaturated/α-hetero) is 1. The normalized spacial score (nSPS) is 14.3. The lowest BCUT2D eigenvalue weighted by Crippen LogP contribution is -2.26. The molecule has 1 aromatic rings. The minimum Gasteiger partial charge on any atom is -0.493 e. The number of aryl methyl sites for hydroxylation is 1. The molecule has 2 rings (SSSR count). The molecule has 0 bridgehead atoms. The first-order valence-electron chi connectivity index (χ1n) is 5.62. The fourth-order valence-corrected chi connectivity index (χ4v) is 2.02. The molecule has 0 atom stereocenters. The van der Waals surface area contributed by atoms with Gasteiger partial charge in [0.15, 0.2) is 0 Å². The van der Waals surface area contributed by atoms with Gasteiger partial charge in [0.1, 0.15) is 5.75 Å². The first-order valence-corrected chi connectivity index (χ1v) is 5.62. The molecule has 0 saturated heterocycles. The maximum atomic E-state index is 12.1. The van der Waals surface area contributed by atoms with Crippen molar-refractivity contribution in [1.29, 1.82) is 0 Å². The second-order valence-corrected chi connectivity index (χ2v) is 3.91. The van der Waals surface area contributed by atoms with Gasteiger partial charge >= 0.3 is 0 Å². The topological polar surface area (TPSA) is 44.8 Å². The number of carbonyl (C=O) groups is 1. The Hall–Kier alpha value is -1.39. The molecule has 0 spiro atoms. The van der Waals surface area contributed by atoms with Crippen LogP contribution in [0, 0.1) is 0 Å². The van der Waals surface area contributed by atoms with E-state index in [1.165, 1.54) is 14.2 Å². The van der Waals surface area contributed by atoms with E-state index in [-0.39, 0.29) is 5.78 Å². The second kappa shape index (κ2) is 5.29. The van der Waals surface area contributed by atoms with Crippen LogP contribution in [0.3, 0.4) is 0 Å². The molecule has 4 nitrogen and oxygen atoms in total. The van der Waals surface area contributed by atoms with Gasteiger partial charge in [0, 0.05) is 14.2 Å². The molecule has 0 unspecified atom stereocenters. The summed E-state index contributed by atoms with van der Waals surface area (Å²) in [6.07, 6.45) is 1.07. The summed E-state index contributed by atoms with van der Waals surface area (Å²) in [6, 6.07) is 5.60. The summed E-state index contributed by atoms with van der Waals surface area (Å²) in [7, 11) is 2.89. The van der Waals surface area contributed by atoms with Crippen LogP contribution in [0.2, 0.25) is 0 Å². The van der Waals surface area contributed by atoms with Crippen LogP contribution in [0.4, 0.5) is 0 Å². The molecule has 0 saturated carbocycles. The molecule has 1 aliphatic heterocycles. The smallest absolute Gasteiger partial charge is 0.222 e. The summed E-state index contributed by atoms with van der Waals surface area (Å²) >= 11 is 0. The van der Waals surface area contributed by atoms with Gasteiger partial charge in [0.25, 0.3) is 0 Å². The van der Waals surface area contributed by atoms with E-state index in [0.717, 1.165) is 18.4 Å². The van der Waals surface area contributed by atoms with Crippen molar-refractivity contribution >= 4 is 5.78 Å². The highest BCUT2D eigenvalue weighted by Crippen LogP contribution is 2.30. The molecule has 1 aromatic carbocycles. The van der Waals surface area contributed by atoms with Gasteiger partial charge in [-0.1, -0.05) is 12.1 Å². The summed E-state index contributed by atoms with van der Waals surface area (Å²) in [5.74, 6) is 0.483. The Morgan fingerprint density at radius 3 is 2.82 bits per heavy atom. The van der Waals surface area contributed by atoms with Crippen LogP contribution >= 0.6 is 0 Å². The number of fused-ring (bicyclic) bond motifs is 1. The van der Waals surface area contributed by atoms with Crippen LogP contribution in [0.15, 0.2) is 18.2 Å². The monoisotopic (exact) mass is 236 g/mol.